The number of hydrogen-bond donors (Lipinski definition) is 2. The third-order valence-corrected chi connectivity index (χ3v) is 3.01. The largest absolute Gasteiger partial charge is 0.382 e. The van der Waals surface area contributed by atoms with Crippen LogP contribution in [-0.4, -0.2) is 21.1 Å². The van der Waals surface area contributed by atoms with Gasteiger partial charge < -0.3 is 11.1 Å². The van der Waals surface area contributed by atoms with Crippen LogP contribution in [0.1, 0.15) is 16.2 Å². The second kappa shape index (κ2) is 5.16. The molecule has 2 aromatic heterocycles. The molecule has 0 unspecified atom stereocenters. The minimum atomic E-state index is -0.335. The standard InChI is InChI=1S/C15H13N5O/c1-9-8-13(10-4-2-3-5-11(10)17-9)18-15(21)12-6-7-14(16)20-19-12/h2-8H,1H3,(H2,16,20)(H,17,18,21). The number of benzene rings is 1. The van der Waals surface area contributed by atoms with Crippen molar-refractivity contribution < 1.29 is 4.79 Å². The van der Waals surface area contributed by atoms with E-state index < -0.39 is 0 Å². The molecule has 2 heterocycles. The number of fused-ring (bicyclic) bond motifs is 1. The second-order valence-corrected chi connectivity index (χ2v) is 4.63. The molecule has 0 spiro atoms. The van der Waals surface area contributed by atoms with Gasteiger partial charge in [0.25, 0.3) is 5.91 Å². The van der Waals surface area contributed by atoms with Crippen molar-refractivity contribution in [3.8, 4) is 0 Å². The van der Waals surface area contributed by atoms with Crippen LogP contribution in [0.25, 0.3) is 10.9 Å². The van der Waals surface area contributed by atoms with Gasteiger partial charge in [0.1, 0.15) is 5.82 Å². The van der Waals surface area contributed by atoms with Crippen molar-refractivity contribution in [2.24, 2.45) is 0 Å². The van der Waals surface area contributed by atoms with Crippen molar-refractivity contribution in [2.75, 3.05) is 11.1 Å². The first-order chi connectivity index (χ1) is 10.1. The molecule has 0 bridgehead atoms. The molecule has 3 aromatic rings. The summed E-state index contributed by atoms with van der Waals surface area (Å²) in [6.45, 7) is 1.88. The molecule has 21 heavy (non-hydrogen) atoms. The van der Waals surface area contributed by atoms with Gasteiger partial charge in [-0.05, 0) is 31.2 Å². The lowest BCUT2D eigenvalue weighted by atomic mass is 10.1. The number of nitrogens with one attached hydrogen (secondary N) is 1. The van der Waals surface area contributed by atoms with E-state index in [1.807, 2.05) is 37.3 Å². The fourth-order valence-electron chi connectivity index (χ4n) is 2.06. The predicted molar refractivity (Wildman–Crippen MR) is 80.9 cm³/mol. The molecule has 1 aromatic carbocycles. The first kappa shape index (κ1) is 13.0. The molecule has 6 heteroatoms. The summed E-state index contributed by atoms with van der Waals surface area (Å²) in [4.78, 5) is 16.6. The number of carbonyl (C=O) groups is 1. The van der Waals surface area contributed by atoms with E-state index in [1.165, 1.54) is 12.1 Å². The summed E-state index contributed by atoms with van der Waals surface area (Å²) in [6, 6.07) is 12.5. The average molecular weight is 279 g/mol. The molecule has 0 radical (unpaired) electrons. The third-order valence-electron chi connectivity index (χ3n) is 3.01. The number of nitrogen functional groups attached to an aromatic ring is 1. The van der Waals surface area contributed by atoms with Gasteiger partial charge in [0, 0.05) is 11.1 Å². The molecular weight excluding hydrogens is 266 g/mol. The van der Waals surface area contributed by atoms with Gasteiger partial charge in [-0.15, -0.1) is 10.2 Å². The van der Waals surface area contributed by atoms with Crippen LogP contribution in [0.15, 0.2) is 42.5 Å². The third kappa shape index (κ3) is 2.64. The van der Waals surface area contributed by atoms with E-state index in [1.54, 1.807) is 0 Å². The Bertz CT molecular complexity index is 814. The van der Waals surface area contributed by atoms with Crippen LogP contribution >= 0.6 is 0 Å². The predicted octanol–water partition coefficient (Wildman–Crippen LogP) is 2.17. The van der Waals surface area contributed by atoms with Crippen LogP contribution in [0, 0.1) is 6.92 Å². The van der Waals surface area contributed by atoms with E-state index in [0.717, 1.165) is 16.6 Å². The second-order valence-electron chi connectivity index (χ2n) is 4.63. The number of amides is 1. The van der Waals surface area contributed by atoms with Crippen molar-refractivity contribution in [3.63, 3.8) is 0 Å². The molecule has 0 saturated carbocycles. The number of rotatable bonds is 2. The van der Waals surface area contributed by atoms with Crippen molar-refractivity contribution in [1.82, 2.24) is 15.2 Å². The molecule has 104 valence electrons. The summed E-state index contributed by atoms with van der Waals surface area (Å²) < 4.78 is 0. The Morgan fingerprint density at radius 1 is 1.14 bits per heavy atom. The van der Waals surface area contributed by atoms with Gasteiger partial charge in [-0.3, -0.25) is 9.78 Å². The van der Waals surface area contributed by atoms with Crippen LogP contribution in [0.5, 0.6) is 0 Å². The van der Waals surface area contributed by atoms with E-state index in [-0.39, 0.29) is 17.4 Å². The van der Waals surface area contributed by atoms with Crippen LogP contribution in [0.2, 0.25) is 0 Å². The number of nitrogens with two attached hydrogens (primary N) is 1. The quantitative estimate of drug-likeness (QED) is 0.749. The van der Waals surface area contributed by atoms with E-state index in [9.17, 15) is 4.79 Å². The summed E-state index contributed by atoms with van der Waals surface area (Å²) >= 11 is 0. The van der Waals surface area contributed by atoms with E-state index in [4.69, 9.17) is 5.73 Å². The lowest BCUT2D eigenvalue weighted by Crippen LogP contribution is -2.15. The molecular formula is C15H13N5O. The topological polar surface area (TPSA) is 93.8 Å². The zero-order valence-electron chi connectivity index (χ0n) is 11.4. The van der Waals surface area contributed by atoms with Crippen LogP contribution < -0.4 is 11.1 Å². The number of nitrogens with zero attached hydrogens (tertiary/aromatic N) is 3. The summed E-state index contributed by atoms with van der Waals surface area (Å²) in [6.07, 6.45) is 0. The molecule has 3 rings (SSSR count). The fourth-order valence-corrected chi connectivity index (χ4v) is 2.06. The highest BCUT2D eigenvalue weighted by Gasteiger charge is 2.11. The van der Waals surface area contributed by atoms with Crippen molar-refractivity contribution in [1.29, 1.82) is 0 Å². The Labute approximate surface area is 121 Å². The molecule has 0 saturated heterocycles. The van der Waals surface area contributed by atoms with E-state index in [0.29, 0.717) is 5.69 Å². The number of carbonyl (C=O) groups excluding carboxylic acids is 1. The van der Waals surface area contributed by atoms with Gasteiger partial charge in [0.15, 0.2) is 5.69 Å². The Balaban J connectivity index is 1.98. The number of pyridine rings is 1. The Morgan fingerprint density at radius 3 is 2.71 bits per heavy atom. The van der Waals surface area contributed by atoms with Gasteiger partial charge in [0.05, 0.1) is 11.2 Å². The molecule has 3 N–H and O–H groups in total. The zero-order valence-corrected chi connectivity index (χ0v) is 11.4. The van der Waals surface area contributed by atoms with Crippen LogP contribution in [0.4, 0.5) is 11.5 Å². The minimum absolute atomic E-state index is 0.211. The van der Waals surface area contributed by atoms with Crippen LogP contribution in [0.3, 0.4) is 0 Å². The highest BCUT2D eigenvalue weighted by molar-refractivity contribution is 6.07. The summed E-state index contributed by atoms with van der Waals surface area (Å²) in [5.41, 5.74) is 8.02. The van der Waals surface area contributed by atoms with E-state index in [2.05, 4.69) is 20.5 Å². The molecule has 0 aliphatic heterocycles. The van der Waals surface area contributed by atoms with E-state index >= 15 is 0 Å². The van der Waals surface area contributed by atoms with Crippen LogP contribution in [-0.2, 0) is 0 Å². The highest BCUT2D eigenvalue weighted by Crippen LogP contribution is 2.23. The lowest BCUT2D eigenvalue weighted by molar-refractivity contribution is 0.102. The maximum atomic E-state index is 12.2. The molecule has 1 amide bonds. The van der Waals surface area contributed by atoms with Gasteiger partial charge >= 0.3 is 0 Å². The summed E-state index contributed by atoms with van der Waals surface area (Å²) in [5.74, 6) is -0.0602. The molecule has 0 aliphatic rings. The Morgan fingerprint density at radius 2 is 1.95 bits per heavy atom. The van der Waals surface area contributed by atoms with Gasteiger partial charge in [-0.1, -0.05) is 18.2 Å². The van der Waals surface area contributed by atoms with Gasteiger partial charge in [-0.2, -0.15) is 0 Å². The van der Waals surface area contributed by atoms with Crippen molar-refractivity contribution in [3.05, 3.63) is 53.9 Å². The maximum Gasteiger partial charge on any atom is 0.276 e. The van der Waals surface area contributed by atoms with Gasteiger partial charge in [-0.25, -0.2) is 0 Å². The molecule has 0 fully saturated rings. The Kier molecular flexibility index (Phi) is 3.19. The SMILES string of the molecule is Cc1cc(NC(=O)c2ccc(N)nn2)c2ccccc2n1. The molecule has 0 aliphatic carbocycles. The number of aromatic nitrogens is 3. The minimum Gasteiger partial charge on any atom is -0.382 e. The first-order valence-corrected chi connectivity index (χ1v) is 6.40. The fraction of sp³-hybridized carbons (Fsp3) is 0.0667. The normalized spacial score (nSPS) is 10.5. The number of para-hydroxylation sites is 1. The number of aryl methyl sites for hydroxylation is 1. The molecule has 6 nitrogen and oxygen atoms in total. The highest BCUT2D eigenvalue weighted by atomic mass is 16.1. The monoisotopic (exact) mass is 279 g/mol. The average Bonchev–Trinajstić information content (AvgIpc) is 2.47. The lowest BCUT2D eigenvalue weighted by Gasteiger charge is -2.09. The molecule has 0 atom stereocenters. The zero-order chi connectivity index (χ0) is 14.8. The number of anilines is 2. The maximum absolute atomic E-state index is 12.2. The summed E-state index contributed by atoms with van der Waals surface area (Å²) in [5, 5.41) is 11.2. The van der Waals surface area contributed by atoms with Crippen molar-refractivity contribution >= 4 is 28.3 Å². The first-order valence-electron chi connectivity index (χ1n) is 6.40. The van der Waals surface area contributed by atoms with Gasteiger partial charge in [0.2, 0.25) is 0 Å². The number of hydrogen-bond acceptors (Lipinski definition) is 5. The smallest absolute Gasteiger partial charge is 0.276 e. The summed E-state index contributed by atoms with van der Waals surface area (Å²) in [7, 11) is 0. The Hall–Kier alpha value is -3.02. The van der Waals surface area contributed by atoms with Crippen molar-refractivity contribution in [2.45, 2.75) is 6.92 Å².